The van der Waals surface area contributed by atoms with E-state index >= 15 is 0 Å². The average molecular weight is 452 g/mol. The van der Waals surface area contributed by atoms with Gasteiger partial charge in [0.2, 0.25) is 0 Å². The Morgan fingerprint density at radius 3 is 2.58 bits per heavy atom. The molecule has 0 bridgehead atoms. The van der Waals surface area contributed by atoms with E-state index in [-0.39, 0.29) is 11.7 Å². The molecule has 2 aromatic carbocycles. The molecule has 2 aromatic heterocycles. The highest BCUT2D eigenvalue weighted by Gasteiger charge is 2.25. The van der Waals surface area contributed by atoms with Crippen molar-refractivity contribution < 1.29 is 9.18 Å². The third-order valence-corrected chi connectivity index (χ3v) is 6.91. The maximum absolute atomic E-state index is 13.3. The first-order chi connectivity index (χ1) is 15.2. The number of anilines is 1. The summed E-state index contributed by atoms with van der Waals surface area (Å²) in [6.45, 7) is 0. The Bertz CT molecular complexity index is 1200. The Morgan fingerprint density at radius 1 is 1.06 bits per heavy atom. The molecule has 31 heavy (non-hydrogen) atoms. The van der Waals surface area contributed by atoms with Crippen molar-refractivity contribution in [3.05, 3.63) is 76.8 Å². The van der Waals surface area contributed by atoms with Gasteiger partial charge in [-0.15, -0.1) is 10.2 Å². The fourth-order valence-electron chi connectivity index (χ4n) is 3.68. The number of nitrogens with one attached hydrogen (secondary N) is 1. The molecule has 6 nitrogen and oxygen atoms in total. The summed E-state index contributed by atoms with van der Waals surface area (Å²) in [5.41, 5.74) is 5.61. The maximum Gasteiger partial charge on any atom is 0.276 e. The second-order valence-electron chi connectivity index (χ2n) is 7.15. The zero-order valence-electron chi connectivity index (χ0n) is 16.4. The summed E-state index contributed by atoms with van der Waals surface area (Å²) in [6, 6.07) is 13.8. The number of fused-ring (bicyclic) bond motifs is 1. The molecule has 1 N–H and O–H groups in total. The van der Waals surface area contributed by atoms with E-state index in [2.05, 4.69) is 20.6 Å². The molecule has 0 spiro atoms. The zero-order chi connectivity index (χ0) is 21.2. The number of halogens is 1. The topological polar surface area (TPSA) is 72.7 Å². The van der Waals surface area contributed by atoms with Gasteiger partial charge in [-0.3, -0.25) is 4.79 Å². The number of nitrogens with zero attached hydrogens (tertiary/aromatic N) is 4. The van der Waals surface area contributed by atoms with Crippen LogP contribution < -0.4 is 5.32 Å². The minimum atomic E-state index is -0.296. The van der Waals surface area contributed by atoms with Crippen molar-refractivity contribution in [1.82, 2.24) is 20.0 Å². The lowest BCUT2D eigenvalue weighted by Gasteiger charge is -2.14. The highest BCUT2D eigenvalue weighted by atomic mass is 32.2. The molecule has 0 unspecified atom stereocenters. The van der Waals surface area contributed by atoms with Crippen LogP contribution in [0.25, 0.3) is 5.69 Å². The van der Waals surface area contributed by atoms with Gasteiger partial charge >= 0.3 is 0 Å². The van der Waals surface area contributed by atoms with Crippen LogP contribution in [0.1, 0.15) is 34.6 Å². The van der Waals surface area contributed by atoms with Crippen LogP contribution in [0.3, 0.4) is 0 Å². The van der Waals surface area contributed by atoms with Gasteiger partial charge in [-0.1, -0.05) is 23.1 Å². The molecule has 0 saturated carbocycles. The van der Waals surface area contributed by atoms with Gasteiger partial charge in [-0.2, -0.15) is 5.10 Å². The van der Waals surface area contributed by atoms with E-state index in [0.29, 0.717) is 11.4 Å². The number of carbonyl (C=O) groups excluding carboxylic acids is 1. The van der Waals surface area contributed by atoms with Gasteiger partial charge in [0, 0.05) is 21.8 Å². The highest BCUT2D eigenvalue weighted by molar-refractivity contribution is 8.01. The van der Waals surface area contributed by atoms with Crippen LogP contribution in [0.2, 0.25) is 0 Å². The summed E-state index contributed by atoms with van der Waals surface area (Å²) in [5, 5.41) is 15.4. The second-order valence-corrected chi connectivity index (χ2v) is 9.31. The van der Waals surface area contributed by atoms with Gasteiger partial charge in [0.25, 0.3) is 5.91 Å². The fourth-order valence-corrected chi connectivity index (χ4v) is 5.13. The molecule has 0 fully saturated rings. The fraction of sp³-hybridized carbons (Fsp3) is 0.182. The molecule has 0 saturated heterocycles. The minimum Gasteiger partial charge on any atom is -0.321 e. The third-order valence-electron chi connectivity index (χ3n) is 5.12. The molecule has 5 rings (SSSR count). The standard InChI is InChI=1S/C22H18FN5OS2/c23-14-5-9-16(10-6-14)28-19-4-2-1-3-18(19)20(27-28)21(29)25-15-7-11-17(12-8-15)31-22-26-24-13-30-22/h5-13H,1-4H2,(H,25,29). The summed E-state index contributed by atoms with van der Waals surface area (Å²) in [7, 11) is 0. The number of aromatic nitrogens is 4. The van der Waals surface area contributed by atoms with Crippen LogP contribution in [0.4, 0.5) is 10.1 Å². The van der Waals surface area contributed by atoms with Crippen molar-refractivity contribution in [2.24, 2.45) is 0 Å². The SMILES string of the molecule is O=C(Nc1ccc(Sc2nncs2)cc1)c1nn(-c2ccc(F)cc2)c2c1CCCC2. The number of amides is 1. The molecule has 0 aliphatic heterocycles. The van der Waals surface area contributed by atoms with E-state index in [0.717, 1.165) is 51.9 Å². The maximum atomic E-state index is 13.3. The van der Waals surface area contributed by atoms with Crippen molar-refractivity contribution >= 4 is 34.7 Å². The Kier molecular flexibility index (Phi) is 5.52. The molecular formula is C22H18FN5OS2. The quantitative estimate of drug-likeness (QED) is 0.455. The van der Waals surface area contributed by atoms with Crippen LogP contribution >= 0.6 is 23.1 Å². The number of benzene rings is 2. The number of hydrogen-bond donors (Lipinski definition) is 1. The van der Waals surface area contributed by atoms with E-state index < -0.39 is 0 Å². The van der Waals surface area contributed by atoms with Crippen LogP contribution in [0, 0.1) is 5.82 Å². The molecule has 156 valence electrons. The summed E-state index contributed by atoms with van der Waals surface area (Å²) >= 11 is 3.01. The smallest absolute Gasteiger partial charge is 0.276 e. The van der Waals surface area contributed by atoms with Crippen molar-refractivity contribution in [3.63, 3.8) is 0 Å². The Balaban J connectivity index is 1.38. The van der Waals surface area contributed by atoms with Crippen LogP contribution in [-0.4, -0.2) is 25.9 Å². The molecule has 1 aliphatic rings. The highest BCUT2D eigenvalue weighted by Crippen LogP contribution is 2.30. The van der Waals surface area contributed by atoms with Crippen LogP contribution in [0.15, 0.2) is 63.3 Å². The van der Waals surface area contributed by atoms with Crippen LogP contribution in [-0.2, 0) is 12.8 Å². The summed E-state index contributed by atoms with van der Waals surface area (Å²) in [5.74, 6) is -0.529. The number of rotatable bonds is 5. The molecular weight excluding hydrogens is 433 g/mol. The lowest BCUT2D eigenvalue weighted by molar-refractivity contribution is 0.102. The first-order valence-corrected chi connectivity index (χ1v) is 11.6. The average Bonchev–Trinajstić information content (AvgIpc) is 3.44. The summed E-state index contributed by atoms with van der Waals surface area (Å²) in [6.07, 6.45) is 3.75. The Labute approximate surface area is 186 Å². The molecule has 0 atom stereocenters. The van der Waals surface area contributed by atoms with Gasteiger partial charge in [-0.25, -0.2) is 9.07 Å². The predicted octanol–water partition coefficient (Wildman–Crippen LogP) is 5.15. The first kappa shape index (κ1) is 19.9. The van der Waals surface area contributed by atoms with Crippen molar-refractivity contribution in [1.29, 1.82) is 0 Å². The van der Waals surface area contributed by atoms with Gasteiger partial charge in [0.15, 0.2) is 10.0 Å². The predicted molar refractivity (Wildman–Crippen MR) is 119 cm³/mol. The van der Waals surface area contributed by atoms with Gasteiger partial charge in [0.1, 0.15) is 11.3 Å². The normalized spacial score (nSPS) is 13.1. The number of hydrogen-bond acceptors (Lipinski definition) is 6. The van der Waals surface area contributed by atoms with Gasteiger partial charge in [-0.05, 0) is 74.2 Å². The Hall–Kier alpha value is -3.04. The van der Waals surface area contributed by atoms with E-state index in [1.807, 2.05) is 24.3 Å². The molecule has 9 heteroatoms. The van der Waals surface area contributed by atoms with E-state index in [9.17, 15) is 9.18 Å². The third kappa shape index (κ3) is 4.24. The molecule has 0 radical (unpaired) electrons. The lowest BCUT2D eigenvalue weighted by Crippen LogP contribution is -2.15. The summed E-state index contributed by atoms with van der Waals surface area (Å²) < 4.78 is 16.0. The summed E-state index contributed by atoms with van der Waals surface area (Å²) in [4.78, 5) is 14.1. The lowest BCUT2D eigenvalue weighted by atomic mass is 9.95. The molecule has 1 aliphatic carbocycles. The molecule has 2 heterocycles. The van der Waals surface area contributed by atoms with Crippen molar-refractivity contribution in [3.8, 4) is 5.69 Å². The van der Waals surface area contributed by atoms with Gasteiger partial charge < -0.3 is 5.32 Å². The van der Waals surface area contributed by atoms with E-state index in [1.54, 1.807) is 22.3 Å². The van der Waals surface area contributed by atoms with Crippen molar-refractivity contribution in [2.75, 3.05) is 5.32 Å². The van der Waals surface area contributed by atoms with Crippen LogP contribution in [0.5, 0.6) is 0 Å². The second kappa shape index (κ2) is 8.60. The largest absolute Gasteiger partial charge is 0.321 e. The Morgan fingerprint density at radius 2 is 1.84 bits per heavy atom. The van der Waals surface area contributed by atoms with E-state index in [1.165, 1.54) is 35.2 Å². The minimum absolute atomic E-state index is 0.233. The monoisotopic (exact) mass is 451 g/mol. The first-order valence-electron chi connectivity index (χ1n) is 9.89. The van der Waals surface area contributed by atoms with Gasteiger partial charge in [0.05, 0.1) is 5.69 Å². The number of carbonyl (C=O) groups is 1. The van der Waals surface area contributed by atoms with E-state index in [4.69, 9.17) is 0 Å². The zero-order valence-corrected chi connectivity index (χ0v) is 18.0. The van der Waals surface area contributed by atoms with Crippen molar-refractivity contribution in [2.45, 2.75) is 34.9 Å². The molecule has 4 aromatic rings. The molecule has 1 amide bonds.